The lowest BCUT2D eigenvalue weighted by atomic mass is 9.84. The lowest BCUT2D eigenvalue weighted by Crippen LogP contribution is -2.48. The average Bonchev–Trinajstić information content (AvgIpc) is 3.83. The Hall–Kier alpha value is -3.91. The van der Waals surface area contributed by atoms with E-state index in [0.717, 1.165) is 106 Å². The first-order chi connectivity index (χ1) is 26.5. The molecule has 0 radical (unpaired) electrons. The number of Topliss-reactive ketones (excluding diaryl/α,β-unsaturated/α-hetero) is 2. The monoisotopic (exact) mass is 858 g/mol. The Morgan fingerprint density at radius 3 is 2.35 bits per heavy atom. The Kier molecular flexibility index (Phi) is 12.2. The van der Waals surface area contributed by atoms with Crippen LogP contribution in [-0.4, -0.2) is 97.0 Å². The second-order valence-corrected chi connectivity index (χ2v) is 18.6. The molecule has 2 saturated heterocycles. The van der Waals surface area contributed by atoms with Gasteiger partial charge >= 0.3 is 0 Å². The zero-order valence-corrected chi connectivity index (χ0v) is 34.9. The summed E-state index contributed by atoms with van der Waals surface area (Å²) in [6.07, 6.45) is 13.7. The molecule has 1 aromatic carbocycles. The predicted molar refractivity (Wildman–Crippen MR) is 227 cm³/mol. The van der Waals surface area contributed by atoms with Crippen LogP contribution in [0.15, 0.2) is 54.9 Å². The number of likely N-dealkylation sites (tertiary alicyclic amines) is 1. The number of alkyl halides is 1. The van der Waals surface area contributed by atoms with Crippen LogP contribution in [0.2, 0.25) is 0 Å². The van der Waals surface area contributed by atoms with Crippen molar-refractivity contribution in [2.24, 2.45) is 0 Å². The highest BCUT2D eigenvalue weighted by atomic mass is 127. The van der Waals surface area contributed by atoms with E-state index in [2.05, 4.69) is 77.6 Å². The van der Waals surface area contributed by atoms with Gasteiger partial charge in [-0.05, 0) is 107 Å². The number of nitrogens with one attached hydrogen (secondary N) is 1. The molecule has 55 heavy (non-hydrogen) atoms. The van der Waals surface area contributed by atoms with Crippen molar-refractivity contribution < 1.29 is 14.4 Å². The first-order valence-electron chi connectivity index (χ1n) is 20.0. The van der Waals surface area contributed by atoms with Gasteiger partial charge < -0.3 is 29.4 Å². The fourth-order valence-corrected chi connectivity index (χ4v) is 9.85. The number of rotatable bonds is 13. The Morgan fingerprint density at radius 1 is 0.945 bits per heavy atom. The van der Waals surface area contributed by atoms with E-state index >= 15 is 0 Å². The maximum atomic E-state index is 13.1. The number of carbonyl (C=O) groups excluding carboxylic acids is 3. The van der Waals surface area contributed by atoms with Crippen LogP contribution in [0.5, 0.6) is 0 Å². The summed E-state index contributed by atoms with van der Waals surface area (Å²) >= 11 is 2.73. The first kappa shape index (κ1) is 39.3. The zero-order valence-electron chi connectivity index (χ0n) is 32.8. The van der Waals surface area contributed by atoms with Crippen LogP contribution in [0.4, 0.5) is 17.5 Å². The molecule has 1 aliphatic carbocycles. The first-order valence-corrected chi connectivity index (χ1v) is 21.1. The summed E-state index contributed by atoms with van der Waals surface area (Å²) in [5, 5.41) is 4.18. The van der Waals surface area contributed by atoms with Crippen LogP contribution in [0, 0.1) is 0 Å². The van der Waals surface area contributed by atoms with Crippen LogP contribution >= 0.6 is 22.6 Å². The highest BCUT2D eigenvalue weighted by Crippen LogP contribution is 2.38. The molecule has 1 unspecified atom stereocenters. The van der Waals surface area contributed by atoms with Gasteiger partial charge in [0.05, 0.1) is 11.9 Å². The van der Waals surface area contributed by atoms with Crippen molar-refractivity contribution in [3.63, 3.8) is 0 Å². The molecular formula is C43H55IN8O3. The van der Waals surface area contributed by atoms with Crippen molar-refractivity contribution >= 4 is 68.6 Å². The number of halogens is 1. The Labute approximate surface area is 338 Å². The smallest absolute Gasteiger partial charge is 0.270 e. The number of pyridine rings is 1. The molecule has 292 valence electrons. The zero-order chi connectivity index (χ0) is 38.7. The topological polar surface area (TPSA) is 117 Å². The van der Waals surface area contributed by atoms with Crippen LogP contribution in [0.3, 0.4) is 0 Å². The molecule has 1 N–H and O–H groups in total. The van der Waals surface area contributed by atoms with Gasteiger partial charge in [0.25, 0.3) is 5.91 Å². The van der Waals surface area contributed by atoms with Crippen LogP contribution < -0.4 is 10.2 Å². The van der Waals surface area contributed by atoms with Crippen LogP contribution in [0.1, 0.15) is 118 Å². The molecule has 11 nitrogen and oxygen atoms in total. The van der Waals surface area contributed by atoms with Crippen molar-refractivity contribution in [1.29, 1.82) is 0 Å². The number of carbonyl (C=O) groups is 3. The van der Waals surface area contributed by atoms with Crippen molar-refractivity contribution in [1.82, 2.24) is 29.3 Å². The molecule has 5 heterocycles. The summed E-state index contributed by atoms with van der Waals surface area (Å²) in [6.45, 7) is 8.50. The average molecular weight is 859 g/mol. The number of amides is 1. The fraction of sp³-hybridized carbons (Fsp3) is 0.535. The molecule has 1 atom stereocenters. The van der Waals surface area contributed by atoms with Gasteiger partial charge in [-0.25, -0.2) is 9.97 Å². The van der Waals surface area contributed by atoms with Gasteiger partial charge in [-0.2, -0.15) is 4.98 Å². The molecule has 3 aliphatic rings. The van der Waals surface area contributed by atoms with E-state index < -0.39 is 0 Å². The summed E-state index contributed by atoms with van der Waals surface area (Å²) < 4.78 is 2.37. The molecule has 0 bridgehead atoms. The predicted octanol–water partition coefficient (Wildman–Crippen LogP) is 8.08. The van der Waals surface area contributed by atoms with Gasteiger partial charge in [-0.3, -0.25) is 9.59 Å². The summed E-state index contributed by atoms with van der Waals surface area (Å²) in [6, 6.07) is 14.9. The minimum Gasteiger partial charge on any atom is -0.370 e. The SMILES string of the molecule is CC(=O)CCC(C(C)=O)c1cccc(C2CCN(CC3(I)CCN(c4ccc(Nc5ncc6cc(C(=O)N(C)C)n(C7CCCC7)c6n5)nc4)CC3)CC2)c1. The fourth-order valence-electron chi connectivity index (χ4n) is 8.89. The Balaban J connectivity index is 0.918. The van der Waals surface area contributed by atoms with Gasteiger partial charge in [0.2, 0.25) is 5.95 Å². The van der Waals surface area contributed by atoms with Gasteiger partial charge in [-0.15, -0.1) is 0 Å². The molecule has 0 spiro atoms. The van der Waals surface area contributed by atoms with Gasteiger partial charge in [0.1, 0.15) is 28.7 Å². The van der Waals surface area contributed by atoms with Crippen molar-refractivity contribution in [3.05, 3.63) is 71.7 Å². The Bertz CT molecular complexity index is 1990. The van der Waals surface area contributed by atoms with E-state index in [9.17, 15) is 14.4 Å². The molecule has 1 saturated carbocycles. The number of benzene rings is 1. The molecule has 7 rings (SSSR count). The third-order valence-corrected chi connectivity index (χ3v) is 13.5. The lowest BCUT2D eigenvalue weighted by Gasteiger charge is -2.43. The molecule has 2 aliphatic heterocycles. The largest absolute Gasteiger partial charge is 0.370 e. The molecular weight excluding hydrogens is 803 g/mol. The molecule has 3 aromatic heterocycles. The number of hydrogen-bond donors (Lipinski definition) is 1. The van der Waals surface area contributed by atoms with Crippen molar-refractivity contribution in [2.45, 2.75) is 99.4 Å². The lowest BCUT2D eigenvalue weighted by molar-refractivity contribution is -0.119. The number of fused-ring (bicyclic) bond motifs is 1. The van der Waals surface area contributed by atoms with Gasteiger partial charge in [-0.1, -0.05) is 59.7 Å². The molecule has 4 aromatic rings. The Morgan fingerprint density at radius 2 is 1.69 bits per heavy atom. The number of nitrogens with zero attached hydrogens (tertiary/aromatic N) is 7. The number of hydrogen-bond acceptors (Lipinski definition) is 9. The summed E-state index contributed by atoms with van der Waals surface area (Å²) in [7, 11) is 3.58. The summed E-state index contributed by atoms with van der Waals surface area (Å²) in [5.41, 5.74) is 4.97. The van der Waals surface area contributed by atoms with E-state index in [-0.39, 0.29) is 32.9 Å². The quantitative estimate of drug-likeness (QED) is 0.105. The summed E-state index contributed by atoms with van der Waals surface area (Å²) in [5.74, 6) is 1.71. The molecule has 12 heteroatoms. The number of ketones is 2. The number of piperidine rings is 2. The van der Waals surface area contributed by atoms with E-state index in [4.69, 9.17) is 9.97 Å². The number of anilines is 3. The van der Waals surface area contributed by atoms with E-state index in [1.807, 2.05) is 18.3 Å². The third-order valence-electron chi connectivity index (χ3n) is 12.1. The highest BCUT2D eigenvalue weighted by Gasteiger charge is 2.35. The van der Waals surface area contributed by atoms with Gasteiger partial charge in [0.15, 0.2) is 0 Å². The molecule has 3 fully saturated rings. The highest BCUT2D eigenvalue weighted by molar-refractivity contribution is 14.1. The van der Waals surface area contributed by atoms with E-state index in [1.165, 1.54) is 5.56 Å². The second kappa shape index (κ2) is 17.1. The normalized spacial score (nSPS) is 18.7. The second-order valence-electron chi connectivity index (χ2n) is 16.3. The maximum Gasteiger partial charge on any atom is 0.270 e. The minimum atomic E-state index is -0.203. The van der Waals surface area contributed by atoms with Crippen LogP contribution in [-0.2, 0) is 9.59 Å². The van der Waals surface area contributed by atoms with Gasteiger partial charge in [0, 0.05) is 67.1 Å². The van der Waals surface area contributed by atoms with Crippen LogP contribution in [0.25, 0.3) is 11.0 Å². The van der Waals surface area contributed by atoms with E-state index in [0.29, 0.717) is 36.2 Å². The van der Waals surface area contributed by atoms with E-state index in [1.54, 1.807) is 39.0 Å². The maximum absolute atomic E-state index is 13.1. The number of aromatic nitrogens is 4. The standard InChI is InChI=1S/C43H55IN8O3/c1-29(53)12-14-37(30(2)54)33-9-7-8-32(24-33)31-16-20-50(21-17-31)28-43(44)18-22-51(23-19-43)36-13-15-39(45-27-36)47-42-46-26-34-25-38(41(55)49(3)4)52(40(34)48-42)35-10-5-6-11-35/h7-9,13,15,24-27,31,35,37H,5-6,10-12,14,16-23,28H2,1-4H3,(H,45,46,47,48). The van der Waals surface area contributed by atoms with Crippen molar-refractivity contribution in [3.8, 4) is 0 Å². The third kappa shape index (κ3) is 9.22. The molecule has 1 amide bonds. The van der Waals surface area contributed by atoms with Crippen molar-refractivity contribution in [2.75, 3.05) is 57.0 Å². The summed E-state index contributed by atoms with van der Waals surface area (Å²) in [4.78, 5) is 58.1. The minimum absolute atomic E-state index is 0.0161.